The summed E-state index contributed by atoms with van der Waals surface area (Å²) in [6, 6.07) is 2.26. The lowest BCUT2D eigenvalue weighted by Crippen LogP contribution is -2.37. The van der Waals surface area contributed by atoms with Crippen LogP contribution in [0.4, 0.5) is 11.4 Å². The third kappa shape index (κ3) is 3.07. The van der Waals surface area contributed by atoms with Crippen molar-refractivity contribution in [1.29, 1.82) is 0 Å². The summed E-state index contributed by atoms with van der Waals surface area (Å²) in [5, 5.41) is 23.8. The predicted molar refractivity (Wildman–Crippen MR) is 74.8 cm³/mol. The Kier molecular flexibility index (Phi) is 4.31. The zero-order chi connectivity index (χ0) is 15.4. The fraction of sp³-hybridized carbons (Fsp3) is 0.417. The molecule has 0 saturated carbocycles. The fourth-order valence-corrected chi connectivity index (χ4v) is 1.82. The van der Waals surface area contributed by atoms with Gasteiger partial charge in [0.1, 0.15) is 6.04 Å². The number of anilines is 1. The normalized spacial score (nSPS) is 12.1. The minimum absolute atomic E-state index is 0.0474. The van der Waals surface area contributed by atoms with Gasteiger partial charge >= 0.3 is 5.69 Å². The predicted octanol–water partition coefficient (Wildman–Crippen LogP) is 1.46. The van der Waals surface area contributed by atoms with Gasteiger partial charge in [0.2, 0.25) is 11.4 Å². The SMILES string of the molecule is CCCNC(=O)C(C)Nc1ccc([N+](=O)[O-])c2nonc12. The molecule has 2 rings (SSSR count). The highest BCUT2D eigenvalue weighted by Crippen LogP contribution is 2.28. The molecule has 1 amide bonds. The zero-order valence-electron chi connectivity index (χ0n) is 11.6. The largest absolute Gasteiger partial charge is 0.372 e. The molecule has 0 aliphatic rings. The lowest BCUT2D eigenvalue weighted by atomic mass is 10.2. The highest BCUT2D eigenvalue weighted by molar-refractivity contribution is 5.95. The van der Waals surface area contributed by atoms with Crippen molar-refractivity contribution < 1.29 is 14.3 Å². The van der Waals surface area contributed by atoms with Crippen LogP contribution in [0.1, 0.15) is 20.3 Å². The number of nitrogens with zero attached hydrogens (tertiary/aromatic N) is 3. The van der Waals surface area contributed by atoms with Gasteiger partial charge in [0.15, 0.2) is 5.52 Å². The Balaban J connectivity index is 2.23. The molecular weight excluding hydrogens is 278 g/mol. The van der Waals surface area contributed by atoms with Gasteiger partial charge in [-0.05, 0) is 29.7 Å². The van der Waals surface area contributed by atoms with Crippen LogP contribution in [0.3, 0.4) is 0 Å². The minimum Gasteiger partial charge on any atom is -0.372 e. The molecule has 1 aromatic carbocycles. The molecule has 1 heterocycles. The topological polar surface area (TPSA) is 123 Å². The molecule has 0 spiro atoms. The fourth-order valence-electron chi connectivity index (χ4n) is 1.82. The average Bonchev–Trinajstić information content (AvgIpc) is 2.94. The molecule has 21 heavy (non-hydrogen) atoms. The summed E-state index contributed by atoms with van der Waals surface area (Å²) in [7, 11) is 0. The number of hydrogen-bond donors (Lipinski definition) is 2. The van der Waals surface area contributed by atoms with Crippen LogP contribution in [0, 0.1) is 10.1 Å². The highest BCUT2D eigenvalue weighted by atomic mass is 16.6. The van der Waals surface area contributed by atoms with Crippen LogP contribution in [0.15, 0.2) is 16.8 Å². The highest BCUT2D eigenvalue weighted by Gasteiger charge is 2.21. The Bertz CT molecular complexity index is 669. The first kappa shape index (κ1) is 14.7. The van der Waals surface area contributed by atoms with Crippen molar-refractivity contribution in [2.75, 3.05) is 11.9 Å². The van der Waals surface area contributed by atoms with E-state index in [9.17, 15) is 14.9 Å². The summed E-state index contributed by atoms with van der Waals surface area (Å²) in [5.74, 6) is -0.167. The van der Waals surface area contributed by atoms with Gasteiger partial charge < -0.3 is 10.6 Å². The molecule has 0 aliphatic carbocycles. The Morgan fingerprint density at radius 1 is 1.43 bits per heavy atom. The molecule has 0 radical (unpaired) electrons. The van der Waals surface area contributed by atoms with Gasteiger partial charge in [0, 0.05) is 12.6 Å². The van der Waals surface area contributed by atoms with Crippen LogP contribution in [0.2, 0.25) is 0 Å². The van der Waals surface area contributed by atoms with E-state index < -0.39 is 11.0 Å². The van der Waals surface area contributed by atoms with Crippen LogP contribution in [-0.4, -0.2) is 33.7 Å². The Labute approximate surface area is 119 Å². The number of carbonyl (C=O) groups excluding carboxylic acids is 1. The van der Waals surface area contributed by atoms with Crippen molar-refractivity contribution in [3.05, 3.63) is 22.2 Å². The van der Waals surface area contributed by atoms with Crippen molar-refractivity contribution in [1.82, 2.24) is 15.6 Å². The molecule has 1 atom stereocenters. The summed E-state index contributed by atoms with van der Waals surface area (Å²) in [5.41, 5.74) is 0.529. The van der Waals surface area contributed by atoms with Gasteiger partial charge in [-0.15, -0.1) is 0 Å². The number of nitrogens with one attached hydrogen (secondary N) is 2. The van der Waals surface area contributed by atoms with E-state index in [0.717, 1.165) is 6.42 Å². The second-order valence-electron chi connectivity index (χ2n) is 4.51. The molecule has 0 fully saturated rings. The van der Waals surface area contributed by atoms with E-state index in [1.165, 1.54) is 12.1 Å². The van der Waals surface area contributed by atoms with Gasteiger partial charge in [-0.2, -0.15) is 0 Å². The number of fused-ring (bicyclic) bond motifs is 1. The van der Waals surface area contributed by atoms with Crippen LogP contribution in [-0.2, 0) is 4.79 Å². The number of hydrogen-bond acceptors (Lipinski definition) is 7. The first-order valence-electron chi connectivity index (χ1n) is 6.48. The number of carbonyl (C=O) groups is 1. The van der Waals surface area contributed by atoms with Gasteiger partial charge in [0.25, 0.3) is 0 Å². The quantitative estimate of drug-likeness (QED) is 0.610. The summed E-state index contributed by atoms with van der Waals surface area (Å²) in [6.07, 6.45) is 0.841. The molecule has 0 saturated heterocycles. The lowest BCUT2D eigenvalue weighted by molar-refractivity contribution is -0.383. The number of nitro groups is 1. The monoisotopic (exact) mass is 293 g/mol. The molecule has 2 N–H and O–H groups in total. The smallest absolute Gasteiger partial charge is 0.300 e. The standard InChI is InChI=1S/C12H15N5O4/c1-3-6-13-12(18)7(2)14-8-4-5-9(17(19)20)11-10(8)15-21-16-11/h4-5,7,14H,3,6H2,1-2H3,(H,13,18). The van der Waals surface area contributed by atoms with E-state index in [2.05, 4.69) is 25.6 Å². The Morgan fingerprint density at radius 3 is 2.81 bits per heavy atom. The first-order valence-corrected chi connectivity index (χ1v) is 6.48. The van der Waals surface area contributed by atoms with E-state index >= 15 is 0 Å². The number of aromatic nitrogens is 2. The third-order valence-corrected chi connectivity index (χ3v) is 2.91. The van der Waals surface area contributed by atoms with Crippen LogP contribution >= 0.6 is 0 Å². The van der Waals surface area contributed by atoms with E-state index in [1.807, 2.05) is 6.92 Å². The number of non-ortho nitro benzene ring substituents is 1. The van der Waals surface area contributed by atoms with Gasteiger partial charge in [-0.25, -0.2) is 4.63 Å². The summed E-state index contributed by atoms with van der Waals surface area (Å²) < 4.78 is 4.56. The molecule has 0 aliphatic heterocycles. The third-order valence-electron chi connectivity index (χ3n) is 2.91. The molecule has 1 aromatic heterocycles. The Hall–Kier alpha value is -2.71. The molecule has 0 bridgehead atoms. The van der Waals surface area contributed by atoms with Crippen LogP contribution < -0.4 is 10.6 Å². The molecule has 9 heteroatoms. The van der Waals surface area contributed by atoms with Crippen molar-refractivity contribution in [2.24, 2.45) is 0 Å². The van der Waals surface area contributed by atoms with Crippen molar-refractivity contribution in [2.45, 2.75) is 26.3 Å². The number of nitro benzene ring substituents is 1. The van der Waals surface area contributed by atoms with E-state index in [0.29, 0.717) is 12.2 Å². The van der Waals surface area contributed by atoms with E-state index in [4.69, 9.17) is 0 Å². The summed E-state index contributed by atoms with van der Waals surface area (Å²) >= 11 is 0. The second kappa shape index (κ2) is 6.16. The maximum Gasteiger partial charge on any atom is 0.300 e. The van der Waals surface area contributed by atoms with Gasteiger partial charge in [-0.3, -0.25) is 14.9 Å². The lowest BCUT2D eigenvalue weighted by Gasteiger charge is -2.14. The average molecular weight is 293 g/mol. The number of benzene rings is 1. The Morgan fingerprint density at radius 2 is 2.14 bits per heavy atom. The first-order chi connectivity index (χ1) is 10.0. The van der Waals surface area contributed by atoms with Crippen molar-refractivity contribution >= 4 is 28.3 Å². The van der Waals surface area contributed by atoms with Gasteiger partial charge in [-0.1, -0.05) is 6.92 Å². The maximum atomic E-state index is 11.8. The molecular formula is C12H15N5O4. The second-order valence-corrected chi connectivity index (χ2v) is 4.51. The minimum atomic E-state index is -0.562. The van der Waals surface area contributed by atoms with Crippen molar-refractivity contribution in [3.63, 3.8) is 0 Å². The molecule has 9 nitrogen and oxygen atoms in total. The van der Waals surface area contributed by atoms with Crippen molar-refractivity contribution in [3.8, 4) is 0 Å². The molecule has 1 unspecified atom stereocenters. The number of amides is 1. The van der Waals surface area contributed by atoms with E-state index in [-0.39, 0.29) is 22.6 Å². The molecule has 2 aromatic rings. The van der Waals surface area contributed by atoms with Crippen LogP contribution in [0.25, 0.3) is 11.0 Å². The van der Waals surface area contributed by atoms with Gasteiger partial charge in [0.05, 0.1) is 10.6 Å². The molecule has 112 valence electrons. The summed E-state index contributed by atoms with van der Waals surface area (Å²) in [6.45, 7) is 4.23. The van der Waals surface area contributed by atoms with E-state index in [1.54, 1.807) is 6.92 Å². The zero-order valence-corrected chi connectivity index (χ0v) is 11.6. The van der Waals surface area contributed by atoms with Crippen LogP contribution in [0.5, 0.6) is 0 Å². The maximum absolute atomic E-state index is 11.8. The number of rotatable bonds is 6. The summed E-state index contributed by atoms with van der Waals surface area (Å²) in [4.78, 5) is 22.1.